The number of aromatic nitrogens is 3. The van der Waals surface area contributed by atoms with Gasteiger partial charge in [-0.3, -0.25) is 14.3 Å². The fourth-order valence-electron chi connectivity index (χ4n) is 6.91. The highest BCUT2D eigenvalue weighted by Crippen LogP contribution is 2.42. The van der Waals surface area contributed by atoms with Crippen LogP contribution in [0.25, 0.3) is 11.0 Å². The van der Waals surface area contributed by atoms with E-state index in [2.05, 4.69) is 32.3 Å². The third-order valence-corrected chi connectivity index (χ3v) is 11.4. The van der Waals surface area contributed by atoms with Gasteiger partial charge in [0.1, 0.15) is 27.6 Å². The van der Waals surface area contributed by atoms with Gasteiger partial charge in [0.05, 0.1) is 16.9 Å². The number of sulfone groups is 1. The van der Waals surface area contributed by atoms with Crippen molar-refractivity contribution in [1.29, 1.82) is 0 Å². The summed E-state index contributed by atoms with van der Waals surface area (Å²) in [6, 6.07) is 8.13. The zero-order valence-corrected chi connectivity index (χ0v) is 26.0. The summed E-state index contributed by atoms with van der Waals surface area (Å²) in [5.41, 5.74) is 1.71. The van der Waals surface area contributed by atoms with Crippen molar-refractivity contribution >= 4 is 26.7 Å². The zero-order chi connectivity index (χ0) is 30.9. The molecular weight excluding hydrogens is 584 g/mol. The maximum Gasteiger partial charge on any atom is 0.276 e. The molecule has 0 unspecified atom stereocenters. The largest absolute Gasteiger partial charge is 0.363 e. The number of nitrogens with one attached hydrogen (secondary N) is 1. The Labute approximate surface area is 257 Å². The Balaban J connectivity index is 1.40. The number of nitrogens with zero attached hydrogens (tertiary/aromatic N) is 4. The fraction of sp³-hybridized carbons (Fsp3) is 0.545. The first-order valence-electron chi connectivity index (χ1n) is 15.8. The van der Waals surface area contributed by atoms with Crippen molar-refractivity contribution in [1.82, 2.24) is 19.4 Å². The average molecular weight is 626 g/mol. The molecular formula is C33H41F2N5O3S. The summed E-state index contributed by atoms with van der Waals surface area (Å²) in [4.78, 5) is 25.2. The molecule has 0 amide bonds. The van der Waals surface area contributed by atoms with Crippen LogP contribution in [-0.2, 0) is 22.3 Å². The summed E-state index contributed by atoms with van der Waals surface area (Å²) in [5, 5.41) is 4.08. The summed E-state index contributed by atoms with van der Waals surface area (Å²) >= 11 is 0. The quantitative estimate of drug-likeness (QED) is 0.342. The molecule has 4 aliphatic rings. The molecule has 1 aromatic carbocycles. The molecule has 1 atom stereocenters. The fourth-order valence-corrected chi connectivity index (χ4v) is 8.40. The highest BCUT2D eigenvalue weighted by molar-refractivity contribution is 7.91. The van der Waals surface area contributed by atoms with Gasteiger partial charge < -0.3 is 5.32 Å². The number of allylic oxidation sites excluding steroid dienone is 1. The second kappa shape index (κ2) is 12.7. The summed E-state index contributed by atoms with van der Waals surface area (Å²) in [6.45, 7) is 4.45. The Morgan fingerprint density at radius 2 is 1.75 bits per heavy atom. The number of benzene rings is 1. The summed E-state index contributed by atoms with van der Waals surface area (Å²) in [6.07, 6.45) is 9.92. The van der Waals surface area contributed by atoms with Gasteiger partial charge in [0.15, 0.2) is 0 Å². The molecule has 0 spiro atoms. The van der Waals surface area contributed by atoms with Crippen LogP contribution >= 0.6 is 0 Å². The van der Waals surface area contributed by atoms with Crippen molar-refractivity contribution in [2.75, 3.05) is 36.5 Å². The number of rotatable bonds is 1. The molecule has 11 heteroatoms. The minimum Gasteiger partial charge on any atom is -0.363 e. The summed E-state index contributed by atoms with van der Waals surface area (Å²) in [5.74, 6) is -3.17. The predicted molar refractivity (Wildman–Crippen MR) is 169 cm³/mol. The Morgan fingerprint density at radius 1 is 0.977 bits per heavy atom. The molecule has 4 aliphatic heterocycles. The van der Waals surface area contributed by atoms with Gasteiger partial charge in [-0.05, 0) is 88.6 Å². The number of aryl methyl sites for hydroxylation is 1. The molecule has 0 saturated carbocycles. The van der Waals surface area contributed by atoms with Gasteiger partial charge in [0.2, 0.25) is 0 Å². The monoisotopic (exact) mass is 625 g/mol. The maximum absolute atomic E-state index is 15.8. The van der Waals surface area contributed by atoms with Gasteiger partial charge in [-0.15, -0.1) is 0 Å². The highest BCUT2D eigenvalue weighted by Gasteiger charge is 2.42. The number of halogens is 2. The first kappa shape index (κ1) is 30.8. The third-order valence-electron chi connectivity index (χ3n) is 9.66. The first-order valence-corrected chi connectivity index (χ1v) is 17.7. The van der Waals surface area contributed by atoms with Gasteiger partial charge >= 0.3 is 0 Å². The molecule has 2 saturated heterocycles. The molecule has 2 aromatic heterocycles. The standard InChI is InChI=1S/C33H41F2N5O3S/c1-23-25-8-7-9-27(20-25)33(34,35)26-10-16-39(17-11-26)14-5-3-2-4-6-15-40-31-29(30(38-23)36-22-37-31)21-28(32(40)41)24-12-18-44(42,43)19-13-24/h3,5,7-9,20-24,26H,2,4,6,10-19H2,1H3,(H,36,37,38)/b5-3+/t23-/m1/s1. The lowest BCUT2D eigenvalue weighted by atomic mass is 9.85. The smallest absolute Gasteiger partial charge is 0.276 e. The molecule has 0 radical (unpaired) electrons. The van der Waals surface area contributed by atoms with Crippen molar-refractivity contribution in [2.24, 2.45) is 5.92 Å². The van der Waals surface area contributed by atoms with Gasteiger partial charge in [0.25, 0.3) is 11.5 Å². The van der Waals surface area contributed by atoms with Crippen molar-refractivity contribution < 1.29 is 17.2 Å². The zero-order valence-electron chi connectivity index (χ0n) is 25.2. The molecule has 3 aromatic rings. The number of anilines is 1. The van der Waals surface area contributed by atoms with E-state index in [-0.39, 0.29) is 34.6 Å². The molecule has 7 rings (SSSR count). The number of hydrogen-bond donors (Lipinski definition) is 1. The molecule has 1 N–H and O–H groups in total. The lowest BCUT2D eigenvalue weighted by Gasteiger charge is -2.35. The number of hydrogen-bond acceptors (Lipinski definition) is 7. The van der Waals surface area contributed by atoms with Gasteiger partial charge in [-0.1, -0.05) is 30.4 Å². The molecule has 44 heavy (non-hydrogen) atoms. The number of pyridine rings is 1. The molecule has 0 aliphatic carbocycles. The summed E-state index contributed by atoms with van der Waals surface area (Å²) in [7, 11) is -3.10. The topological polar surface area (TPSA) is 97.2 Å². The SMILES string of the molecule is C[C@H]1Nc2ncnc3c2cc(C2CCS(=O)(=O)CC2)c(=O)n3CCCC/C=C/CN2CCC(CC2)C(F)(F)c2cccc1c2. The number of fused-ring (bicyclic) bond motifs is 8. The second-order valence-electron chi connectivity index (χ2n) is 12.6. The van der Waals surface area contributed by atoms with Crippen LogP contribution in [-0.4, -0.2) is 59.0 Å². The van der Waals surface area contributed by atoms with Crippen LogP contribution in [0.4, 0.5) is 14.6 Å². The van der Waals surface area contributed by atoms with E-state index in [1.54, 1.807) is 16.7 Å². The minimum absolute atomic E-state index is 0.0313. The lowest BCUT2D eigenvalue weighted by Crippen LogP contribution is -2.39. The van der Waals surface area contributed by atoms with E-state index < -0.39 is 21.7 Å². The van der Waals surface area contributed by atoms with Crippen LogP contribution in [0.3, 0.4) is 0 Å². The highest BCUT2D eigenvalue weighted by atomic mass is 32.2. The van der Waals surface area contributed by atoms with Crippen LogP contribution in [0.2, 0.25) is 0 Å². The Kier molecular flexibility index (Phi) is 8.88. The molecule has 236 valence electrons. The maximum atomic E-state index is 15.8. The predicted octanol–water partition coefficient (Wildman–Crippen LogP) is 5.80. The molecule has 8 bridgehead atoms. The van der Waals surface area contributed by atoms with E-state index in [0.29, 0.717) is 73.3 Å². The van der Waals surface area contributed by atoms with Gasteiger partial charge in [-0.2, -0.15) is 0 Å². The van der Waals surface area contributed by atoms with Crippen molar-refractivity contribution in [3.05, 3.63) is 75.9 Å². The van der Waals surface area contributed by atoms with Crippen LogP contribution in [0.5, 0.6) is 0 Å². The van der Waals surface area contributed by atoms with E-state index in [0.717, 1.165) is 25.8 Å². The average Bonchev–Trinajstić information content (AvgIpc) is 3.01. The van der Waals surface area contributed by atoms with Gasteiger partial charge in [0, 0.05) is 36.2 Å². The Bertz CT molecular complexity index is 1690. The Morgan fingerprint density at radius 3 is 2.52 bits per heavy atom. The lowest BCUT2D eigenvalue weighted by molar-refractivity contribution is -0.0847. The molecule has 2 fully saturated rings. The van der Waals surface area contributed by atoms with Crippen LogP contribution < -0.4 is 10.9 Å². The normalized spacial score (nSPS) is 26.9. The van der Waals surface area contributed by atoms with Crippen LogP contribution in [0, 0.1) is 5.92 Å². The van der Waals surface area contributed by atoms with E-state index in [1.165, 1.54) is 12.4 Å². The van der Waals surface area contributed by atoms with Crippen molar-refractivity contribution in [3.8, 4) is 0 Å². The van der Waals surface area contributed by atoms with Gasteiger partial charge in [-0.25, -0.2) is 27.2 Å². The van der Waals surface area contributed by atoms with Crippen molar-refractivity contribution in [3.63, 3.8) is 0 Å². The summed E-state index contributed by atoms with van der Waals surface area (Å²) < 4.78 is 57.6. The van der Waals surface area contributed by atoms with Crippen molar-refractivity contribution in [2.45, 2.75) is 76.3 Å². The van der Waals surface area contributed by atoms with Crippen LogP contribution in [0.15, 0.2) is 53.6 Å². The second-order valence-corrected chi connectivity index (χ2v) is 14.9. The number of alkyl halides is 2. The minimum atomic E-state index is -3.10. The molecule has 8 nitrogen and oxygen atoms in total. The third kappa shape index (κ3) is 6.44. The van der Waals surface area contributed by atoms with Crippen LogP contribution in [0.1, 0.15) is 80.5 Å². The van der Waals surface area contributed by atoms with E-state index >= 15 is 8.78 Å². The first-order chi connectivity index (χ1) is 21.1. The van der Waals surface area contributed by atoms with E-state index in [9.17, 15) is 13.2 Å². The number of piperidine rings is 1. The van der Waals surface area contributed by atoms with E-state index in [4.69, 9.17) is 0 Å². The Hall–Kier alpha value is -3.18. The molecule has 6 heterocycles. The van der Waals surface area contributed by atoms with E-state index in [1.807, 2.05) is 19.1 Å².